The predicted molar refractivity (Wildman–Crippen MR) is 60.6 cm³/mol. The van der Waals surface area contributed by atoms with E-state index < -0.39 is 23.5 Å². The molecule has 0 aliphatic carbocycles. The number of carbonyl (C=O) groups is 1. The van der Waals surface area contributed by atoms with Gasteiger partial charge in [-0.15, -0.1) is 0 Å². The fourth-order valence-corrected chi connectivity index (χ4v) is 1.74. The Balaban J connectivity index is 3.10. The topological polar surface area (TPSA) is 26.3 Å². The molecule has 1 aromatic carbocycles. The minimum atomic E-state index is -0.711. The molecule has 17 heavy (non-hydrogen) atoms. The van der Waals surface area contributed by atoms with Crippen LogP contribution in [0.4, 0.5) is 8.78 Å². The second-order valence-corrected chi connectivity index (χ2v) is 4.14. The van der Waals surface area contributed by atoms with E-state index in [4.69, 9.17) is 4.74 Å². The number of hydrogen-bond acceptors (Lipinski definition) is 2. The van der Waals surface area contributed by atoms with E-state index in [1.807, 2.05) is 0 Å². The smallest absolute Gasteiger partial charge is 0.313 e. The fourth-order valence-electron chi connectivity index (χ4n) is 1.74. The molecule has 0 radical (unpaired) electrons. The van der Waals surface area contributed by atoms with Crippen molar-refractivity contribution in [3.8, 4) is 0 Å². The number of benzene rings is 1. The van der Waals surface area contributed by atoms with E-state index in [2.05, 4.69) is 0 Å². The molecule has 1 rings (SSSR count). The van der Waals surface area contributed by atoms with Gasteiger partial charge >= 0.3 is 5.97 Å². The van der Waals surface area contributed by atoms with Crippen LogP contribution >= 0.6 is 0 Å². The van der Waals surface area contributed by atoms with E-state index >= 15 is 0 Å². The highest BCUT2D eigenvalue weighted by Crippen LogP contribution is 2.28. The Morgan fingerprint density at radius 3 is 2.47 bits per heavy atom. The Bertz CT molecular complexity index is 402. The molecule has 94 valence electrons. The van der Waals surface area contributed by atoms with Gasteiger partial charge in [-0.25, -0.2) is 8.78 Å². The van der Waals surface area contributed by atoms with Crippen LogP contribution in [-0.4, -0.2) is 12.6 Å². The predicted octanol–water partition coefficient (Wildman–Crippen LogP) is 3.27. The molecule has 1 atom stereocenters. The van der Waals surface area contributed by atoms with Gasteiger partial charge in [0.2, 0.25) is 0 Å². The van der Waals surface area contributed by atoms with Gasteiger partial charge < -0.3 is 4.74 Å². The van der Waals surface area contributed by atoms with E-state index in [1.165, 1.54) is 6.07 Å². The number of halogens is 2. The maximum atomic E-state index is 13.6. The molecule has 0 aliphatic rings. The quantitative estimate of drug-likeness (QED) is 0.757. The lowest BCUT2D eigenvalue weighted by atomic mass is 9.88. The van der Waals surface area contributed by atoms with Crippen LogP contribution in [0, 0.1) is 17.6 Å². The van der Waals surface area contributed by atoms with Gasteiger partial charge in [-0.2, -0.15) is 0 Å². The van der Waals surface area contributed by atoms with Crippen molar-refractivity contribution in [3.63, 3.8) is 0 Å². The van der Waals surface area contributed by atoms with Gasteiger partial charge in [0, 0.05) is 11.6 Å². The molecule has 0 saturated heterocycles. The van der Waals surface area contributed by atoms with Crippen molar-refractivity contribution in [2.75, 3.05) is 6.61 Å². The summed E-state index contributed by atoms with van der Waals surface area (Å²) in [6, 6.07) is 3.23. The Labute approximate surface area is 99.6 Å². The lowest BCUT2D eigenvalue weighted by molar-refractivity contribution is -0.146. The summed E-state index contributed by atoms with van der Waals surface area (Å²) in [6.45, 7) is 5.52. The number of rotatable bonds is 4. The summed E-state index contributed by atoms with van der Waals surface area (Å²) in [5.41, 5.74) is 0.180. The number of ether oxygens (including phenoxy) is 1. The Morgan fingerprint density at radius 1 is 1.35 bits per heavy atom. The second-order valence-electron chi connectivity index (χ2n) is 4.14. The first-order valence-corrected chi connectivity index (χ1v) is 5.59. The maximum Gasteiger partial charge on any atom is 0.313 e. The monoisotopic (exact) mass is 242 g/mol. The van der Waals surface area contributed by atoms with Crippen LogP contribution in [0.2, 0.25) is 0 Å². The molecule has 0 amide bonds. The molecule has 1 aromatic rings. The second kappa shape index (κ2) is 5.75. The van der Waals surface area contributed by atoms with E-state index in [0.29, 0.717) is 0 Å². The van der Waals surface area contributed by atoms with Crippen molar-refractivity contribution < 1.29 is 18.3 Å². The van der Waals surface area contributed by atoms with Gasteiger partial charge in [-0.05, 0) is 18.9 Å². The fraction of sp³-hybridized carbons (Fsp3) is 0.462. The summed E-state index contributed by atoms with van der Waals surface area (Å²) >= 11 is 0. The molecule has 4 heteroatoms. The van der Waals surface area contributed by atoms with Gasteiger partial charge in [0.05, 0.1) is 12.5 Å². The highest BCUT2D eigenvalue weighted by Gasteiger charge is 2.28. The summed E-state index contributed by atoms with van der Waals surface area (Å²) in [5, 5.41) is 0. The van der Waals surface area contributed by atoms with E-state index in [0.717, 1.165) is 12.1 Å². The van der Waals surface area contributed by atoms with Crippen molar-refractivity contribution in [2.24, 2.45) is 5.92 Å². The minimum Gasteiger partial charge on any atom is -0.466 e. The van der Waals surface area contributed by atoms with Crippen molar-refractivity contribution >= 4 is 5.97 Å². The van der Waals surface area contributed by atoms with E-state index in [-0.39, 0.29) is 18.1 Å². The van der Waals surface area contributed by atoms with Crippen molar-refractivity contribution in [1.82, 2.24) is 0 Å². The number of hydrogen-bond donors (Lipinski definition) is 0. The lowest BCUT2D eigenvalue weighted by Gasteiger charge is -2.20. The third-order valence-electron chi connectivity index (χ3n) is 2.50. The van der Waals surface area contributed by atoms with Crippen LogP contribution in [-0.2, 0) is 9.53 Å². The summed E-state index contributed by atoms with van der Waals surface area (Å²) in [4.78, 5) is 11.7. The third-order valence-corrected chi connectivity index (χ3v) is 2.50. The van der Waals surface area contributed by atoms with Crippen molar-refractivity contribution in [3.05, 3.63) is 35.4 Å². The maximum absolute atomic E-state index is 13.6. The standard InChI is InChI=1S/C13H16F2O2/c1-4-17-13(16)12(8(2)3)10-6-5-9(14)7-11(10)15/h5-8,12H,4H2,1-3H3. The van der Waals surface area contributed by atoms with Gasteiger partial charge in [0.1, 0.15) is 11.6 Å². The molecule has 0 spiro atoms. The summed E-state index contributed by atoms with van der Waals surface area (Å²) in [7, 11) is 0. The Kier molecular flexibility index (Phi) is 4.61. The largest absolute Gasteiger partial charge is 0.466 e. The van der Waals surface area contributed by atoms with Crippen LogP contribution in [0.3, 0.4) is 0 Å². The summed E-state index contributed by atoms with van der Waals surface area (Å²) in [5.74, 6) is -2.66. The van der Waals surface area contributed by atoms with Crippen molar-refractivity contribution in [1.29, 1.82) is 0 Å². The molecule has 0 N–H and O–H groups in total. The zero-order valence-corrected chi connectivity index (χ0v) is 10.2. The molecular formula is C13H16F2O2. The van der Waals surface area contributed by atoms with Crippen LogP contribution in [0.15, 0.2) is 18.2 Å². The zero-order valence-electron chi connectivity index (χ0n) is 10.2. The van der Waals surface area contributed by atoms with E-state index in [9.17, 15) is 13.6 Å². The molecular weight excluding hydrogens is 226 g/mol. The Morgan fingerprint density at radius 2 is 2.00 bits per heavy atom. The molecule has 1 unspecified atom stereocenters. The molecule has 0 bridgehead atoms. The number of carbonyl (C=O) groups excluding carboxylic acids is 1. The first kappa shape index (κ1) is 13.6. The first-order valence-electron chi connectivity index (χ1n) is 5.59. The van der Waals surface area contributed by atoms with Crippen molar-refractivity contribution in [2.45, 2.75) is 26.7 Å². The number of esters is 1. The van der Waals surface area contributed by atoms with Gasteiger partial charge in [0.25, 0.3) is 0 Å². The van der Waals surface area contributed by atoms with Crippen LogP contribution < -0.4 is 0 Å². The lowest BCUT2D eigenvalue weighted by Crippen LogP contribution is -2.22. The molecule has 0 fully saturated rings. The summed E-state index contributed by atoms with van der Waals surface area (Å²) in [6.07, 6.45) is 0. The average molecular weight is 242 g/mol. The average Bonchev–Trinajstić information content (AvgIpc) is 2.21. The third kappa shape index (κ3) is 3.25. The normalized spacial score (nSPS) is 12.6. The van der Waals surface area contributed by atoms with Crippen LogP contribution in [0.25, 0.3) is 0 Å². The highest BCUT2D eigenvalue weighted by molar-refractivity contribution is 5.78. The molecule has 0 aliphatic heterocycles. The Hall–Kier alpha value is -1.45. The minimum absolute atomic E-state index is 0.117. The molecule has 0 aromatic heterocycles. The van der Waals surface area contributed by atoms with Gasteiger partial charge in [-0.3, -0.25) is 4.79 Å². The molecule has 0 heterocycles. The molecule has 0 saturated carbocycles. The summed E-state index contributed by atoms with van der Waals surface area (Å²) < 4.78 is 31.3. The van der Waals surface area contributed by atoms with Crippen LogP contribution in [0.5, 0.6) is 0 Å². The van der Waals surface area contributed by atoms with Gasteiger partial charge in [0.15, 0.2) is 0 Å². The highest BCUT2D eigenvalue weighted by atomic mass is 19.1. The first-order chi connectivity index (χ1) is 7.97. The van der Waals surface area contributed by atoms with Crippen LogP contribution in [0.1, 0.15) is 32.3 Å². The van der Waals surface area contributed by atoms with E-state index in [1.54, 1.807) is 20.8 Å². The molecule has 2 nitrogen and oxygen atoms in total. The SMILES string of the molecule is CCOC(=O)C(c1ccc(F)cc1F)C(C)C. The van der Waals surface area contributed by atoms with Gasteiger partial charge in [-0.1, -0.05) is 19.9 Å². The zero-order chi connectivity index (χ0) is 13.0.